The van der Waals surface area contributed by atoms with E-state index in [0.29, 0.717) is 13.0 Å². The summed E-state index contributed by atoms with van der Waals surface area (Å²) in [4.78, 5) is 14.1. The van der Waals surface area contributed by atoms with Crippen LogP contribution >= 0.6 is 0 Å². The van der Waals surface area contributed by atoms with Crippen molar-refractivity contribution in [3.63, 3.8) is 0 Å². The molecule has 1 amide bonds. The Balaban J connectivity index is 2.24. The van der Waals surface area contributed by atoms with Gasteiger partial charge in [0.1, 0.15) is 6.04 Å². The number of para-hydroxylation sites is 1. The maximum absolute atomic E-state index is 12.0. The van der Waals surface area contributed by atoms with Crippen LogP contribution in [0.5, 0.6) is 0 Å². The minimum Gasteiger partial charge on any atom is -0.357 e. The van der Waals surface area contributed by atoms with Gasteiger partial charge in [0.15, 0.2) is 0 Å². The first-order valence-electron chi connectivity index (χ1n) is 6.04. The van der Waals surface area contributed by atoms with Crippen molar-refractivity contribution in [1.82, 2.24) is 5.32 Å². The van der Waals surface area contributed by atoms with Crippen LogP contribution in [-0.4, -0.2) is 31.1 Å². The van der Waals surface area contributed by atoms with Crippen LogP contribution in [0, 0.1) is 0 Å². The van der Waals surface area contributed by atoms with Crippen molar-refractivity contribution in [1.29, 1.82) is 0 Å². The van der Waals surface area contributed by atoms with Gasteiger partial charge in [-0.1, -0.05) is 18.2 Å². The van der Waals surface area contributed by atoms with Crippen LogP contribution in [-0.2, 0) is 4.79 Å². The molecule has 17 heavy (non-hydrogen) atoms. The number of nitrogens with zero attached hydrogens (tertiary/aromatic N) is 1. The van der Waals surface area contributed by atoms with E-state index < -0.39 is 0 Å². The number of anilines is 1. The highest BCUT2D eigenvalue weighted by Gasteiger charge is 2.32. The number of hydrogen-bond donors (Lipinski definition) is 2. The van der Waals surface area contributed by atoms with E-state index in [9.17, 15) is 4.79 Å². The Bertz CT molecular complexity index is 380. The molecule has 0 aromatic heterocycles. The molecule has 1 aromatic carbocycles. The van der Waals surface area contributed by atoms with Crippen LogP contribution < -0.4 is 16.0 Å². The first-order chi connectivity index (χ1) is 8.22. The van der Waals surface area contributed by atoms with Gasteiger partial charge in [-0.2, -0.15) is 0 Å². The maximum atomic E-state index is 12.0. The van der Waals surface area contributed by atoms with Crippen LogP contribution in [0.2, 0.25) is 0 Å². The van der Waals surface area contributed by atoms with Crippen molar-refractivity contribution in [2.45, 2.75) is 25.4 Å². The molecule has 1 heterocycles. The van der Waals surface area contributed by atoms with Crippen molar-refractivity contribution < 1.29 is 4.79 Å². The predicted octanol–water partition coefficient (Wildman–Crippen LogP) is 0.729. The summed E-state index contributed by atoms with van der Waals surface area (Å²) in [7, 11) is 0. The zero-order valence-corrected chi connectivity index (χ0v) is 10.1. The number of benzene rings is 1. The molecule has 2 rings (SSSR count). The van der Waals surface area contributed by atoms with Crippen LogP contribution in [0.25, 0.3) is 0 Å². The number of piperazine rings is 1. The number of carbonyl (C=O) groups is 1. The third kappa shape index (κ3) is 2.58. The minimum absolute atomic E-state index is 0.0815. The van der Waals surface area contributed by atoms with Gasteiger partial charge in [0.2, 0.25) is 5.91 Å². The van der Waals surface area contributed by atoms with E-state index in [1.165, 1.54) is 0 Å². The molecule has 2 atom stereocenters. The number of amides is 1. The summed E-state index contributed by atoms with van der Waals surface area (Å²) in [6.45, 7) is 3.38. The second kappa shape index (κ2) is 5.19. The molecule has 0 saturated carbocycles. The minimum atomic E-state index is -0.140. The zero-order valence-electron chi connectivity index (χ0n) is 10.1. The van der Waals surface area contributed by atoms with Crippen molar-refractivity contribution in [2.24, 2.45) is 5.73 Å². The van der Waals surface area contributed by atoms with E-state index in [1.807, 2.05) is 37.3 Å². The molecular formula is C13H19N3O. The van der Waals surface area contributed by atoms with E-state index in [4.69, 9.17) is 5.73 Å². The van der Waals surface area contributed by atoms with Crippen LogP contribution in [0.4, 0.5) is 5.69 Å². The largest absolute Gasteiger partial charge is 0.357 e. The average Bonchev–Trinajstić information content (AvgIpc) is 2.33. The fraction of sp³-hybridized carbons (Fsp3) is 0.462. The molecule has 0 spiro atoms. The van der Waals surface area contributed by atoms with Crippen LogP contribution in [0.15, 0.2) is 30.3 Å². The molecule has 4 nitrogen and oxygen atoms in total. The van der Waals surface area contributed by atoms with E-state index in [1.54, 1.807) is 0 Å². The molecule has 0 bridgehead atoms. The number of rotatable bonds is 3. The van der Waals surface area contributed by atoms with Crippen molar-refractivity contribution >= 4 is 11.6 Å². The molecule has 0 radical (unpaired) electrons. The summed E-state index contributed by atoms with van der Waals surface area (Å²) in [5.74, 6) is 0.0815. The van der Waals surface area contributed by atoms with Gasteiger partial charge in [0, 0.05) is 18.3 Å². The molecular weight excluding hydrogens is 214 g/mol. The van der Waals surface area contributed by atoms with E-state index in [0.717, 1.165) is 12.2 Å². The predicted molar refractivity (Wildman–Crippen MR) is 68.9 cm³/mol. The van der Waals surface area contributed by atoms with Gasteiger partial charge in [-0.05, 0) is 32.0 Å². The van der Waals surface area contributed by atoms with Gasteiger partial charge in [0.05, 0.1) is 0 Å². The van der Waals surface area contributed by atoms with Gasteiger partial charge in [0.25, 0.3) is 0 Å². The Hall–Kier alpha value is -1.55. The lowest BCUT2D eigenvalue weighted by Crippen LogP contribution is -2.59. The quantitative estimate of drug-likeness (QED) is 0.809. The molecule has 92 valence electrons. The first kappa shape index (κ1) is 11.9. The lowest BCUT2D eigenvalue weighted by molar-refractivity contribution is -0.124. The third-order valence-electron chi connectivity index (χ3n) is 3.07. The van der Waals surface area contributed by atoms with Gasteiger partial charge < -0.3 is 16.0 Å². The van der Waals surface area contributed by atoms with E-state index in [2.05, 4.69) is 10.2 Å². The topological polar surface area (TPSA) is 58.4 Å². The highest BCUT2D eigenvalue weighted by molar-refractivity contribution is 5.86. The summed E-state index contributed by atoms with van der Waals surface area (Å²) in [6, 6.07) is 10.1. The van der Waals surface area contributed by atoms with Crippen molar-refractivity contribution in [2.75, 3.05) is 18.0 Å². The average molecular weight is 233 g/mol. The molecule has 2 unspecified atom stereocenters. The molecule has 1 aromatic rings. The molecule has 3 N–H and O–H groups in total. The fourth-order valence-electron chi connectivity index (χ4n) is 2.30. The smallest absolute Gasteiger partial charge is 0.243 e. The fourth-order valence-corrected chi connectivity index (χ4v) is 2.30. The monoisotopic (exact) mass is 233 g/mol. The SMILES string of the molecule is CC1CN(c2ccccc2)C(CCN)C(=O)N1. The standard InChI is InChI=1S/C13H19N3O/c1-10-9-16(11-5-3-2-4-6-11)12(7-8-14)13(17)15-10/h2-6,10,12H,7-9,14H2,1H3,(H,15,17). The molecule has 1 saturated heterocycles. The second-order valence-electron chi connectivity index (χ2n) is 4.49. The lowest BCUT2D eigenvalue weighted by atomic mass is 10.0. The highest BCUT2D eigenvalue weighted by atomic mass is 16.2. The summed E-state index contributed by atoms with van der Waals surface area (Å²) in [5, 5.41) is 2.98. The normalized spacial score (nSPS) is 24.6. The maximum Gasteiger partial charge on any atom is 0.243 e. The molecule has 1 fully saturated rings. The van der Waals surface area contributed by atoms with Crippen LogP contribution in [0.3, 0.4) is 0 Å². The summed E-state index contributed by atoms with van der Waals surface area (Å²) in [6.07, 6.45) is 0.688. The molecule has 1 aliphatic rings. The Kier molecular flexibility index (Phi) is 3.64. The third-order valence-corrected chi connectivity index (χ3v) is 3.07. The van der Waals surface area contributed by atoms with Crippen molar-refractivity contribution in [3.8, 4) is 0 Å². The Morgan fingerprint density at radius 3 is 2.76 bits per heavy atom. The van der Waals surface area contributed by atoms with E-state index in [-0.39, 0.29) is 18.0 Å². The number of nitrogens with two attached hydrogens (primary N) is 1. The van der Waals surface area contributed by atoms with Gasteiger partial charge in [-0.15, -0.1) is 0 Å². The lowest BCUT2D eigenvalue weighted by Gasteiger charge is -2.39. The van der Waals surface area contributed by atoms with Crippen LogP contribution in [0.1, 0.15) is 13.3 Å². The zero-order chi connectivity index (χ0) is 12.3. The van der Waals surface area contributed by atoms with E-state index >= 15 is 0 Å². The Morgan fingerprint density at radius 2 is 2.12 bits per heavy atom. The van der Waals surface area contributed by atoms with Gasteiger partial charge in [-0.3, -0.25) is 4.79 Å². The highest BCUT2D eigenvalue weighted by Crippen LogP contribution is 2.21. The van der Waals surface area contributed by atoms with Gasteiger partial charge >= 0.3 is 0 Å². The summed E-state index contributed by atoms with van der Waals surface area (Å²) < 4.78 is 0. The number of nitrogens with one attached hydrogen (secondary N) is 1. The second-order valence-corrected chi connectivity index (χ2v) is 4.49. The molecule has 1 aliphatic heterocycles. The van der Waals surface area contributed by atoms with Gasteiger partial charge in [-0.25, -0.2) is 0 Å². The first-order valence-corrected chi connectivity index (χ1v) is 6.04. The molecule has 4 heteroatoms. The summed E-state index contributed by atoms with van der Waals surface area (Å²) >= 11 is 0. The molecule has 0 aliphatic carbocycles. The number of hydrogen-bond acceptors (Lipinski definition) is 3. The Labute approximate surface area is 102 Å². The summed E-state index contributed by atoms with van der Waals surface area (Å²) in [5.41, 5.74) is 6.68. The number of carbonyl (C=O) groups excluding carboxylic acids is 1. The van der Waals surface area contributed by atoms with Crippen molar-refractivity contribution in [3.05, 3.63) is 30.3 Å². The Morgan fingerprint density at radius 1 is 1.41 bits per heavy atom.